The SMILES string of the molecule is C=C1C[C@@H](O)/C=C(/C)[C@H](O)C[C@@H]2[C@H]1CC2(C)C. The Labute approximate surface area is 104 Å². The van der Waals surface area contributed by atoms with Crippen molar-refractivity contribution in [1.29, 1.82) is 0 Å². The standard InChI is InChI=1S/C15H24O2/c1-9-5-11(16)6-10(2)14(17)7-13-12(9)8-15(13,3)4/h6,11-14,16-17H,1,5,7-8H2,2-4H3/b10-6-/t11-,12+,13-,14-/m1/s1. The number of aliphatic hydroxyl groups is 2. The molecule has 1 fully saturated rings. The summed E-state index contributed by atoms with van der Waals surface area (Å²) in [4.78, 5) is 0. The van der Waals surface area contributed by atoms with Gasteiger partial charge in [-0.3, -0.25) is 0 Å². The number of hydrogen-bond donors (Lipinski definition) is 2. The smallest absolute Gasteiger partial charge is 0.0761 e. The van der Waals surface area contributed by atoms with Gasteiger partial charge in [-0.15, -0.1) is 0 Å². The zero-order chi connectivity index (χ0) is 12.8. The molecule has 17 heavy (non-hydrogen) atoms. The molecule has 0 saturated heterocycles. The van der Waals surface area contributed by atoms with Crippen molar-refractivity contribution in [2.45, 2.75) is 52.2 Å². The van der Waals surface area contributed by atoms with Crippen molar-refractivity contribution >= 4 is 0 Å². The Bertz CT molecular complexity index is 354. The van der Waals surface area contributed by atoms with Gasteiger partial charge in [0.1, 0.15) is 0 Å². The third-order valence-electron chi connectivity index (χ3n) is 4.69. The van der Waals surface area contributed by atoms with E-state index in [0.29, 0.717) is 23.7 Å². The van der Waals surface area contributed by atoms with E-state index in [-0.39, 0.29) is 0 Å². The van der Waals surface area contributed by atoms with E-state index in [1.54, 1.807) is 6.08 Å². The van der Waals surface area contributed by atoms with Gasteiger partial charge >= 0.3 is 0 Å². The van der Waals surface area contributed by atoms with Crippen molar-refractivity contribution in [3.05, 3.63) is 23.8 Å². The van der Waals surface area contributed by atoms with Crippen LogP contribution in [0.4, 0.5) is 0 Å². The minimum absolute atomic E-state index is 0.296. The Morgan fingerprint density at radius 1 is 1.35 bits per heavy atom. The summed E-state index contributed by atoms with van der Waals surface area (Å²) in [6.07, 6.45) is 3.46. The maximum Gasteiger partial charge on any atom is 0.0761 e. The van der Waals surface area contributed by atoms with E-state index in [0.717, 1.165) is 24.0 Å². The molecule has 0 amide bonds. The first-order valence-corrected chi connectivity index (χ1v) is 6.53. The second kappa shape index (κ2) is 4.25. The van der Waals surface area contributed by atoms with Gasteiger partial charge in [-0.1, -0.05) is 32.1 Å². The lowest BCUT2D eigenvalue weighted by Crippen LogP contribution is -2.46. The van der Waals surface area contributed by atoms with E-state index in [1.807, 2.05) is 6.92 Å². The van der Waals surface area contributed by atoms with Crippen LogP contribution in [0.15, 0.2) is 23.8 Å². The highest BCUT2D eigenvalue weighted by atomic mass is 16.3. The molecule has 0 aromatic rings. The Hall–Kier alpha value is -0.600. The lowest BCUT2D eigenvalue weighted by Gasteiger charge is -2.53. The van der Waals surface area contributed by atoms with Crippen molar-refractivity contribution < 1.29 is 10.2 Å². The molecular formula is C15H24O2. The van der Waals surface area contributed by atoms with Crippen molar-refractivity contribution in [3.8, 4) is 0 Å². The highest BCUT2D eigenvalue weighted by Crippen LogP contribution is 2.56. The van der Waals surface area contributed by atoms with E-state index >= 15 is 0 Å². The first kappa shape index (κ1) is 12.8. The third-order valence-corrected chi connectivity index (χ3v) is 4.69. The van der Waals surface area contributed by atoms with Crippen molar-refractivity contribution in [2.75, 3.05) is 0 Å². The lowest BCUT2D eigenvalue weighted by atomic mass is 9.52. The van der Waals surface area contributed by atoms with Gasteiger partial charge in [0.25, 0.3) is 0 Å². The maximum absolute atomic E-state index is 10.2. The molecule has 2 aliphatic rings. The summed E-state index contributed by atoms with van der Waals surface area (Å²) in [7, 11) is 0. The summed E-state index contributed by atoms with van der Waals surface area (Å²) in [6.45, 7) is 10.6. The number of fused-ring (bicyclic) bond motifs is 1. The van der Waals surface area contributed by atoms with Crippen LogP contribution in [-0.2, 0) is 0 Å². The minimum Gasteiger partial charge on any atom is -0.389 e. The van der Waals surface area contributed by atoms with Gasteiger partial charge < -0.3 is 10.2 Å². The van der Waals surface area contributed by atoms with Crippen LogP contribution < -0.4 is 0 Å². The van der Waals surface area contributed by atoms with Crippen LogP contribution in [0.2, 0.25) is 0 Å². The summed E-state index contributed by atoms with van der Waals surface area (Å²) in [6, 6.07) is 0. The lowest BCUT2D eigenvalue weighted by molar-refractivity contribution is -0.0206. The van der Waals surface area contributed by atoms with Crippen LogP contribution in [0.1, 0.15) is 40.0 Å². The maximum atomic E-state index is 10.2. The fourth-order valence-corrected chi connectivity index (χ4v) is 3.48. The van der Waals surface area contributed by atoms with E-state index in [4.69, 9.17) is 0 Å². The minimum atomic E-state index is -0.486. The van der Waals surface area contributed by atoms with Crippen molar-refractivity contribution in [2.24, 2.45) is 17.3 Å². The first-order chi connectivity index (χ1) is 7.81. The van der Waals surface area contributed by atoms with Crippen LogP contribution >= 0.6 is 0 Å². The van der Waals surface area contributed by atoms with E-state index in [1.165, 1.54) is 0 Å². The molecule has 0 aliphatic heterocycles. The molecule has 0 unspecified atom stereocenters. The molecule has 96 valence electrons. The van der Waals surface area contributed by atoms with Gasteiger partial charge in [0, 0.05) is 0 Å². The van der Waals surface area contributed by atoms with Gasteiger partial charge in [-0.2, -0.15) is 0 Å². The second-order valence-corrected chi connectivity index (χ2v) is 6.50. The molecule has 0 aromatic heterocycles. The third kappa shape index (κ3) is 2.34. The predicted octanol–water partition coefficient (Wildman–Crippen LogP) is 2.67. The van der Waals surface area contributed by atoms with Gasteiger partial charge in [-0.25, -0.2) is 0 Å². The van der Waals surface area contributed by atoms with Gasteiger partial charge in [-0.05, 0) is 49.0 Å². The highest BCUT2D eigenvalue weighted by Gasteiger charge is 2.48. The molecule has 2 nitrogen and oxygen atoms in total. The molecule has 2 aliphatic carbocycles. The molecule has 2 rings (SSSR count). The average molecular weight is 236 g/mol. The summed E-state index contributed by atoms with van der Waals surface area (Å²) >= 11 is 0. The average Bonchev–Trinajstić information content (AvgIpc) is 2.23. The van der Waals surface area contributed by atoms with Crippen LogP contribution in [0.3, 0.4) is 0 Å². The molecule has 0 aromatic carbocycles. The molecule has 0 heterocycles. The number of hydrogen-bond acceptors (Lipinski definition) is 2. The summed E-state index contributed by atoms with van der Waals surface area (Å²) in [5, 5.41) is 20.1. The zero-order valence-corrected chi connectivity index (χ0v) is 11.1. The van der Waals surface area contributed by atoms with Crippen LogP contribution in [-0.4, -0.2) is 22.4 Å². The topological polar surface area (TPSA) is 40.5 Å². The molecule has 0 spiro atoms. The number of aliphatic hydroxyl groups excluding tert-OH is 2. The highest BCUT2D eigenvalue weighted by molar-refractivity contribution is 5.20. The number of rotatable bonds is 0. The normalized spacial score (nSPS) is 44.5. The predicted molar refractivity (Wildman–Crippen MR) is 69.5 cm³/mol. The Morgan fingerprint density at radius 3 is 2.59 bits per heavy atom. The van der Waals surface area contributed by atoms with Crippen molar-refractivity contribution in [3.63, 3.8) is 0 Å². The molecule has 0 radical (unpaired) electrons. The van der Waals surface area contributed by atoms with E-state index in [9.17, 15) is 10.2 Å². The van der Waals surface area contributed by atoms with Crippen LogP contribution in [0, 0.1) is 17.3 Å². The first-order valence-electron chi connectivity index (χ1n) is 6.53. The molecule has 2 heteroatoms. The molecule has 2 N–H and O–H groups in total. The quantitative estimate of drug-likeness (QED) is 0.635. The Kier molecular flexibility index (Phi) is 3.21. The summed E-state index contributed by atoms with van der Waals surface area (Å²) < 4.78 is 0. The fraction of sp³-hybridized carbons (Fsp3) is 0.733. The van der Waals surface area contributed by atoms with Gasteiger partial charge in [0.2, 0.25) is 0 Å². The molecule has 4 atom stereocenters. The van der Waals surface area contributed by atoms with Crippen LogP contribution in [0.25, 0.3) is 0 Å². The molecular weight excluding hydrogens is 212 g/mol. The zero-order valence-electron chi connectivity index (χ0n) is 11.1. The fourth-order valence-electron chi connectivity index (χ4n) is 3.48. The monoisotopic (exact) mass is 236 g/mol. The van der Waals surface area contributed by atoms with Gasteiger partial charge in [0.15, 0.2) is 0 Å². The Morgan fingerprint density at radius 2 is 2.00 bits per heavy atom. The summed E-state index contributed by atoms with van der Waals surface area (Å²) in [5.41, 5.74) is 2.35. The molecule has 0 bridgehead atoms. The molecule has 1 saturated carbocycles. The van der Waals surface area contributed by atoms with E-state index in [2.05, 4.69) is 20.4 Å². The second-order valence-electron chi connectivity index (χ2n) is 6.50. The van der Waals surface area contributed by atoms with Crippen LogP contribution in [0.5, 0.6) is 0 Å². The summed E-state index contributed by atoms with van der Waals surface area (Å²) in [5.74, 6) is 0.979. The van der Waals surface area contributed by atoms with Crippen molar-refractivity contribution in [1.82, 2.24) is 0 Å². The Balaban J connectivity index is 2.24. The van der Waals surface area contributed by atoms with Gasteiger partial charge in [0.05, 0.1) is 12.2 Å². The van der Waals surface area contributed by atoms with E-state index < -0.39 is 12.2 Å². The largest absolute Gasteiger partial charge is 0.389 e.